The van der Waals surface area contributed by atoms with Gasteiger partial charge in [0.1, 0.15) is 0 Å². The molecule has 1 saturated heterocycles. The van der Waals surface area contributed by atoms with Crippen molar-refractivity contribution >= 4 is 17.8 Å². The van der Waals surface area contributed by atoms with Crippen LogP contribution in [-0.4, -0.2) is 33.8 Å². The summed E-state index contributed by atoms with van der Waals surface area (Å²) in [6.45, 7) is 0. The van der Waals surface area contributed by atoms with Crippen molar-refractivity contribution in [2.24, 2.45) is 0 Å². The zero-order valence-electron chi connectivity index (χ0n) is 12.5. The molecule has 1 N–H and O–H groups in total. The van der Waals surface area contributed by atoms with Gasteiger partial charge in [-0.2, -0.15) is 13.2 Å². The predicted molar refractivity (Wildman–Crippen MR) is 74.9 cm³/mol. The first-order valence-corrected chi connectivity index (χ1v) is 7.41. The van der Waals surface area contributed by atoms with Crippen molar-refractivity contribution in [1.82, 2.24) is 4.90 Å². The Morgan fingerprint density at radius 3 is 2.50 bits per heavy atom. The lowest BCUT2D eigenvalue weighted by Crippen LogP contribution is -2.41. The van der Waals surface area contributed by atoms with Gasteiger partial charge in [0, 0.05) is 12.5 Å². The van der Waals surface area contributed by atoms with Crippen LogP contribution in [0.25, 0.3) is 0 Å². The molecule has 1 aliphatic carbocycles. The lowest BCUT2D eigenvalue weighted by Gasteiger charge is -2.26. The number of aliphatic carboxylic acids is 1. The molecule has 0 spiro atoms. The van der Waals surface area contributed by atoms with Crippen LogP contribution in [0.15, 0.2) is 24.3 Å². The Hall–Kier alpha value is -2.38. The maximum Gasteiger partial charge on any atom is 0.416 e. The first-order valence-electron chi connectivity index (χ1n) is 7.41. The van der Waals surface area contributed by atoms with Crippen LogP contribution < -0.4 is 0 Å². The van der Waals surface area contributed by atoms with Gasteiger partial charge in [-0.15, -0.1) is 0 Å². The zero-order chi connectivity index (χ0) is 17.7. The Labute approximate surface area is 135 Å². The molecule has 1 heterocycles. The highest BCUT2D eigenvalue weighted by molar-refractivity contribution is 6.10. The van der Waals surface area contributed by atoms with Gasteiger partial charge in [-0.1, -0.05) is 18.2 Å². The normalized spacial score (nSPS) is 24.5. The molecule has 8 heteroatoms. The third-order valence-corrected chi connectivity index (χ3v) is 4.46. The summed E-state index contributed by atoms with van der Waals surface area (Å²) in [6.07, 6.45) is -4.48. The van der Waals surface area contributed by atoms with E-state index in [0.29, 0.717) is 12.8 Å². The maximum atomic E-state index is 13.0. The number of halogens is 3. The monoisotopic (exact) mass is 341 g/mol. The van der Waals surface area contributed by atoms with Gasteiger partial charge in [0.2, 0.25) is 11.8 Å². The van der Waals surface area contributed by atoms with E-state index in [2.05, 4.69) is 0 Å². The summed E-state index contributed by atoms with van der Waals surface area (Å²) in [7, 11) is 0. The van der Waals surface area contributed by atoms with Crippen LogP contribution in [0.1, 0.15) is 36.8 Å². The van der Waals surface area contributed by atoms with E-state index in [1.165, 1.54) is 6.07 Å². The number of likely N-dealkylation sites (tertiary alicyclic amines) is 1. The number of nitrogens with zero attached hydrogens (tertiary/aromatic N) is 1. The van der Waals surface area contributed by atoms with Crippen LogP contribution in [-0.2, 0) is 26.0 Å². The van der Waals surface area contributed by atoms with Gasteiger partial charge in [-0.05, 0) is 24.5 Å². The van der Waals surface area contributed by atoms with E-state index >= 15 is 0 Å². The molecule has 2 amide bonds. The van der Waals surface area contributed by atoms with Crippen molar-refractivity contribution in [3.05, 3.63) is 35.4 Å². The number of carboxylic acid groups (broad SMARTS) is 1. The number of carbonyl (C=O) groups is 3. The largest absolute Gasteiger partial charge is 0.481 e. The minimum Gasteiger partial charge on any atom is -0.481 e. The van der Waals surface area contributed by atoms with Gasteiger partial charge in [-0.3, -0.25) is 19.3 Å². The fourth-order valence-corrected chi connectivity index (χ4v) is 3.18. The van der Waals surface area contributed by atoms with E-state index in [0.717, 1.165) is 23.1 Å². The highest BCUT2D eigenvalue weighted by Crippen LogP contribution is 2.45. The summed E-state index contributed by atoms with van der Waals surface area (Å²) < 4.78 is 38.9. The van der Waals surface area contributed by atoms with Crippen molar-refractivity contribution in [3.63, 3.8) is 0 Å². The second-order valence-electron chi connectivity index (χ2n) is 6.21. The molecular formula is C16H14F3NO4. The Morgan fingerprint density at radius 2 is 1.96 bits per heavy atom. The number of benzene rings is 1. The molecule has 0 unspecified atom stereocenters. The summed E-state index contributed by atoms with van der Waals surface area (Å²) in [5.74, 6) is -2.58. The number of hydrogen-bond donors (Lipinski definition) is 1. The van der Waals surface area contributed by atoms with E-state index < -0.39 is 47.8 Å². The van der Waals surface area contributed by atoms with Crippen LogP contribution in [0.4, 0.5) is 13.2 Å². The maximum absolute atomic E-state index is 13.0. The Morgan fingerprint density at radius 1 is 1.29 bits per heavy atom. The highest BCUT2D eigenvalue weighted by Gasteiger charge is 2.57. The molecule has 128 valence electrons. The standard InChI is InChI=1S/C16H14F3NO4/c17-16(18,19)10-3-1-2-9(6-10)15(8-13(22)23)7-12(21)20(14(15)24)11-4-5-11/h1-3,6,11H,4-5,7-8H2,(H,22,23)/t15-/m1/s1. The molecule has 2 fully saturated rings. The topological polar surface area (TPSA) is 74.7 Å². The lowest BCUT2D eigenvalue weighted by molar-refractivity contribution is -0.145. The Balaban J connectivity index is 2.09. The van der Waals surface area contributed by atoms with E-state index in [1.807, 2.05) is 0 Å². The zero-order valence-corrected chi connectivity index (χ0v) is 12.5. The summed E-state index contributed by atoms with van der Waals surface area (Å²) in [6, 6.07) is 3.76. The van der Waals surface area contributed by atoms with Crippen molar-refractivity contribution in [3.8, 4) is 0 Å². The molecule has 1 aliphatic heterocycles. The Kier molecular flexibility index (Phi) is 3.65. The quantitative estimate of drug-likeness (QED) is 0.853. The minimum atomic E-state index is -4.62. The minimum absolute atomic E-state index is 0.0822. The van der Waals surface area contributed by atoms with Crippen molar-refractivity contribution in [2.45, 2.75) is 43.3 Å². The van der Waals surface area contributed by atoms with Gasteiger partial charge < -0.3 is 5.11 Å². The summed E-state index contributed by atoms with van der Waals surface area (Å²) in [5, 5.41) is 9.17. The number of imide groups is 1. The lowest BCUT2D eigenvalue weighted by atomic mass is 9.75. The van der Waals surface area contributed by atoms with Crippen LogP contribution in [0, 0.1) is 0 Å². The van der Waals surface area contributed by atoms with E-state index in [4.69, 9.17) is 5.11 Å². The summed E-state index contributed by atoms with van der Waals surface area (Å²) in [5.41, 5.74) is -2.83. The predicted octanol–water partition coefficient (Wildman–Crippen LogP) is 2.34. The molecule has 1 atom stereocenters. The number of rotatable bonds is 4. The molecule has 2 aliphatic rings. The first kappa shape index (κ1) is 16.5. The molecule has 24 heavy (non-hydrogen) atoms. The molecule has 3 rings (SSSR count). The Bertz CT molecular complexity index is 726. The average molecular weight is 341 g/mol. The van der Waals surface area contributed by atoms with E-state index in [9.17, 15) is 27.6 Å². The van der Waals surface area contributed by atoms with Crippen LogP contribution in [0.3, 0.4) is 0 Å². The summed E-state index contributed by atoms with van der Waals surface area (Å²) in [4.78, 5) is 37.3. The van der Waals surface area contributed by atoms with E-state index in [-0.39, 0.29) is 11.6 Å². The van der Waals surface area contributed by atoms with Gasteiger partial charge >= 0.3 is 12.1 Å². The third kappa shape index (κ3) is 2.65. The van der Waals surface area contributed by atoms with Crippen LogP contribution >= 0.6 is 0 Å². The first-order chi connectivity index (χ1) is 11.1. The smallest absolute Gasteiger partial charge is 0.416 e. The number of amides is 2. The van der Waals surface area contributed by atoms with Crippen molar-refractivity contribution in [2.75, 3.05) is 0 Å². The number of alkyl halides is 3. The fourth-order valence-electron chi connectivity index (χ4n) is 3.18. The molecule has 0 radical (unpaired) electrons. The average Bonchev–Trinajstić information content (AvgIpc) is 3.26. The van der Waals surface area contributed by atoms with Crippen LogP contribution in [0.2, 0.25) is 0 Å². The number of hydrogen-bond acceptors (Lipinski definition) is 3. The van der Waals surface area contributed by atoms with Crippen molar-refractivity contribution in [1.29, 1.82) is 0 Å². The molecule has 1 aromatic rings. The van der Waals surface area contributed by atoms with Gasteiger partial charge in [0.15, 0.2) is 0 Å². The van der Waals surface area contributed by atoms with Gasteiger partial charge in [0.05, 0.1) is 17.4 Å². The van der Waals surface area contributed by atoms with E-state index in [1.54, 1.807) is 0 Å². The van der Waals surface area contributed by atoms with Gasteiger partial charge in [-0.25, -0.2) is 0 Å². The number of carboxylic acids is 1. The molecule has 1 saturated carbocycles. The molecule has 5 nitrogen and oxygen atoms in total. The molecular weight excluding hydrogens is 327 g/mol. The SMILES string of the molecule is O=C(O)C[C@@]1(c2cccc(C(F)(F)F)c2)CC(=O)N(C2CC2)C1=O. The molecule has 0 bridgehead atoms. The van der Waals surface area contributed by atoms with Gasteiger partial charge in [0.25, 0.3) is 0 Å². The van der Waals surface area contributed by atoms with Crippen LogP contribution in [0.5, 0.6) is 0 Å². The second kappa shape index (κ2) is 5.32. The summed E-state index contributed by atoms with van der Waals surface area (Å²) >= 11 is 0. The highest BCUT2D eigenvalue weighted by atomic mass is 19.4. The molecule has 1 aromatic carbocycles. The fraction of sp³-hybridized carbons (Fsp3) is 0.438. The molecule has 0 aromatic heterocycles. The third-order valence-electron chi connectivity index (χ3n) is 4.46. The van der Waals surface area contributed by atoms with Crippen molar-refractivity contribution < 1.29 is 32.7 Å². The second-order valence-corrected chi connectivity index (χ2v) is 6.21. The number of carbonyl (C=O) groups excluding carboxylic acids is 2.